The SMILES string of the molecule is CSCCC(N)C(=O)OCCNCCON(O)O. The molecular formula is C9H21N3O5S. The van der Waals surface area contributed by atoms with E-state index < -0.39 is 12.0 Å². The van der Waals surface area contributed by atoms with Crippen molar-refractivity contribution in [3.8, 4) is 0 Å². The predicted octanol–water partition coefficient (Wildman–Crippen LogP) is -0.788. The van der Waals surface area contributed by atoms with E-state index in [0.717, 1.165) is 5.75 Å². The van der Waals surface area contributed by atoms with E-state index in [1.54, 1.807) is 11.8 Å². The zero-order chi connectivity index (χ0) is 13.8. The summed E-state index contributed by atoms with van der Waals surface area (Å²) >= 11 is 1.63. The fourth-order valence-electron chi connectivity index (χ4n) is 1.02. The van der Waals surface area contributed by atoms with Gasteiger partial charge < -0.3 is 15.8 Å². The summed E-state index contributed by atoms with van der Waals surface area (Å²) < 4.78 is 4.94. The van der Waals surface area contributed by atoms with E-state index >= 15 is 0 Å². The Kier molecular flexibility index (Phi) is 11.4. The number of nitrogens with one attached hydrogen (secondary N) is 1. The highest BCUT2D eigenvalue weighted by molar-refractivity contribution is 7.98. The molecule has 0 aliphatic rings. The standard InChI is InChI=1S/C9H21N3O5S/c1-18-7-2-8(10)9(13)16-5-3-11-4-6-17-12(14)15/h8,11,14-15H,2-7,10H2,1H3. The van der Waals surface area contributed by atoms with Crippen molar-refractivity contribution in [2.75, 3.05) is 38.3 Å². The number of rotatable bonds is 11. The van der Waals surface area contributed by atoms with Crippen LogP contribution in [0.3, 0.4) is 0 Å². The van der Waals surface area contributed by atoms with Crippen LogP contribution in [-0.4, -0.2) is 66.1 Å². The van der Waals surface area contributed by atoms with Gasteiger partial charge in [0, 0.05) is 13.1 Å². The molecule has 0 rings (SSSR count). The number of carbonyl (C=O) groups is 1. The fraction of sp³-hybridized carbons (Fsp3) is 0.889. The molecule has 0 saturated carbocycles. The molecule has 0 heterocycles. The molecule has 0 bridgehead atoms. The Hall–Kier alpha value is -0.420. The van der Waals surface area contributed by atoms with Crippen LogP contribution in [0.5, 0.6) is 0 Å². The Morgan fingerprint density at radius 1 is 1.44 bits per heavy atom. The van der Waals surface area contributed by atoms with E-state index in [0.29, 0.717) is 19.5 Å². The maximum Gasteiger partial charge on any atom is 0.322 e. The van der Waals surface area contributed by atoms with Crippen LogP contribution in [0.15, 0.2) is 0 Å². The van der Waals surface area contributed by atoms with Gasteiger partial charge in [0.1, 0.15) is 12.6 Å². The molecule has 108 valence electrons. The van der Waals surface area contributed by atoms with Crippen LogP contribution in [-0.2, 0) is 14.4 Å². The molecule has 0 radical (unpaired) electrons. The van der Waals surface area contributed by atoms with Gasteiger partial charge in [-0.2, -0.15) is 11.8 Å². The van der Waals surface area contributed by atoms with E-state index in [4.69, 9.17) is 20.9 Å². The summed E-state index contributed by atoms with van der Waals surface area (Å²) in [6, 6.07) is -0.571. The topological polar surface area (TPSA) is 117 Å². The first-order valence-electron chi connectivity index (χ1n) is 5.50. The molecule has 0 aromatic carbocycles. The largest absolute Gasteiger partial charge is 0.463 e. The van der Waals surface area contributed by atoms with Crippen molar-refractivity contribution < 1.29 is 24.8 Å². The average molecular weight is 283 g/mol. The molecule has 1 unspecified atom stereocenters. The van der Waals surface area contributed by atoms with E-state index in [-0.39, 0.29) is 18.6 Å². The second-order valence-electron chi connectivity index (χ2n) is 3.39. The number of hydrogen-bond acceptors (Lipinski definition) is 9. The van der Waals surface area contributed by atoms with Crippen molar-refractivity contribution in [1.29, 1.82) is 0 Å². The van der Waals surface area contributed by atoms with Crippen LogP contribution in [0.25, 0.3) is 0 Å². The molecular weight excluding hydrogens is 262 g/mol. The third-order valence-electron chi connectivity index (χ3n) is 1.94. The van der Waals surface area contributed by atoms with Crippen LogP contribution < -0.4 is 11.1 Å². The lowest BCUT2D eigenvalue weighted by Crippen LogP contribution is -2.35. The number of hydrogen-bond donors (Lipinski definition) is 4. The molecule has 0 saturated heterocycles. The van der Waals surface area contributed by atoms with Gasteiger partial charge in [-0.05, 0) is 18.4 Å². The van der Waals surface area contributed by atoms with Gasteiger partial charge in [-0.25, -0.2) is 4.84 Å². The minimum absolute atomic E-state index is 0.0915. The van der Waals surface area contributed by atoms with E-state index in [1.807, 2.05) is 6.26 Å². The Morgan fingerprint density at radius 2 is 2.11 bits per heavy atom. The van der Waals surface area contributed by atoms with E-state index in [1.165, 1.54) is 0 Å². The number of thioether (sulfide) groups is 1. The monoisotopic (exact) mass is 283 g/mol. The normalized spacial score (nSPS) is 12.7. The molecule has 0 amide bonds. The number of carbonyl (C=O) groups excluding carboxylic acids is 1. The highest BCUT2D eigenvalue weighted by Crippen LogP contribution is 1.99. The molecule has 0 aliphatic heterocycles. The van der Waals surface area contributed by atoms with Gasteiger partial charge in [-0.3, -0.25) is 15.2 Å². The van der Waals surface area contributed by atoms with Crippen molar-refractivity contribution in [3.63, 3.8) is 0 Å². The minimum Gasteiger partial charge on any atom is -0.463 e. The number of nitrogens with two attached hydrogens (primary N) is 1. The molecule has 9 heteroatoms. The maximum absolute atomic E-state index is 11.3. The molecule has 0 spiro atoms. The third-order valence-corrected chi connectivity index (χ3v) is 2.59. The summed E-state index contributed by atoms with van der Waals surface area (Å²) in [5, 5.41) is 19.0. The van der Waals surface area contributed by atoms with Crippen molar-refractivity contribution in [2.24, 2.45) is 5.73 Å². The molecule has 0 aromatic heterocycles. The summed E-state index contributed by atoms with van der Waals surface area (Å²) in [6.45, 7) is 1.15. The van der Waals surface area contributed by atoms with Crippen LogP contribution in [0.1, 0.15) is 6.42 Å². The molecule has 1 atom stereocenters. The highest BCUT2D eigenvalue weighted by atomic mass is 32.2. The van der Waals surface area contributed by atoms with Gasteiger partial charge in [0.2, 0.25) is 0 Å². The van der Waals surface area contributed by atoms with Crippen LogP contribution in [0, 0.1) is 0 Å². The molecule has 18 heavy (non-hydrogen) atoms. The van der Waals surface area contributed by atoms with Gasteiger partial charge >= 0.3 is 5.97 Å². The molecule has 0 aromatic rings. The average Bonchev–Trinajstić information content (AvgIpc) is 2.34. The van der Waals surface area contributed by atoms with Gasteiger partial charge in [-0.1, -0.05) is 0 Å². The number of esters is 1. The zero-order valence-electron chi connectivity index (χ0n) is 10.4. The van der Waals surface area contributed by atoms with E-state index in [9.17, 15) is 4.79 Å². The highest BCUT2D eigenvalue weighted by Gasteiger charge is 2.13. The van der Waals surface area contributed by atoms with Gasteiger partial charge in [0.15, 0.2) is 0 Å². The molecule has 0 aliphatic carbocycles. The number of ether oxygens (including phenoxy) is 1. The Morgan fingerprint density at radius 3 is 2.72 bits per heavy atom. The Labute approximate surface area is 110 Å². The fourth-order valence-corrected chi connectivity index (χ4v) is 1.51. The summed E-state index contributed by atoms with van der Waals surface area (Å²) in [7, 11) is 0. The zero-order valence-corrected chi connectivity index (χ0v) is 11.2. The molecule has 8 nitrogen and oxygen atoms in total. The molecule has 5 N–H and O–H groups in total. The predicted molar refractivity (Wildman–Crippen MR) is 66.2 cm³/mol. The Bertz CT molecular complexity index is 220. The quantitative estimate of drug-likeness (QED) is 0.220. The summed E-state index contributed by atoms with van der Waals surface area (Å²) in [5.41, 5.74) is 5.61. The Balaban J connectivity index is 3.34. The van der Waals surface area contributed by atoms with Crippen LogP contribution in [0.2, 0.25) is 0 Å². The smallest absolute Gasteiger partial charge is 0.322 e. The lowest BCUT2D eigenvalue weighted by Gasteiger charge is -2.11. The first-order valence-corrected chi connectivity index (χ1v) is 6.90. The lowest BCUT2D eigenvalue weighted by molar-refractivity contribution is -0.491. The van der Waals surface area contributed by atoms with Crippen molar-refractivity contribution in [1.82, 2.24) is 10.7 Å². The minimum atomic E-state index is -0.571. The van der Waals surface area contributed by atoms with Crippen molar-refractivity contribution >= 4 is 17.7 Å². The molecule has 0 fully saturated rings. The third kappa shape index (κ3) is 10.7. The first-order chi connectivity index (χ1) is 8.57. The van der Waals surface area contributed by atoms with Gasteiger partial charge in [0.05, 0.1) is 12.0 Å². The second-order valence-corrected chi connectivity index (χ2v) is 4.38. The summed E-state index contributed by atoms with van der Waals surface area (Å²) in [4.78, 5) is 15.6. The van der Waals surface area contributed by atoms with Gasteiger partial charge in [0.25, 0.3) is 0 Å². The summed E-state index contributed by atoms with van der Waals surface area (Å²) in [6.07, 6.45) is 2.55. The maximum atomic E-state index is 11.3. The van der Waals surface area contributed by atoms with Crippen molar-refractivity contribution in [3.05, 3.63) is 0 Å². The van der Waals surface area contributed by atoms with Gasteiger partial charge in [-0.15, -0.1) is 0 Å². The first kappa shape index (κ1) is 17.6. The lowest BCUT2D eigenvalue weighted by atomic mass is 10.2. The number of nitrogens with zero attached hydrogens (tertiary/aromatic N) is 1. The van der Waals surface area contributed by atoms with Crippen LogP contribution >= 0.6 is 11.8 Å². The second kappa shape index (κ2) is 11.7. The summed E-state index contributed by atoms with van der Waals surface area (Å²) in [5.74, 6) is 0.420. The van der Waals surface area contributed by atoms with Crippen LogP contribution in [0.4, 0.5) is 0 Å². The van der Waals surface area contributed by atoms with E-state index in [2.05, 4.69) is 10.2 Å². The van der Waals surface area contributed by atoms with Crippen molar-refractivity contribution in [2.45, 2.75) is 12.5 Å².